The van der Waals surface area contributed by atoms with Crippen molar-refractivity contribution < 1.29 is 28.6 Å². The van der Waals surface area contributed by atoms with Gasteiger partial charge in [0.05, 0.1) is 0 Å². The van der Waals surface area contributed by atoms with Gasteiger partial charge in [0.25, 0.3) is 0 Å². The van der Waals surface area contributed by atoms with E-state index in [1.165, 1.54) is 270 Å². The molecule has 6 heteroatoms. The van der Waals surface area contributed by atoms with Gasteiger partial charge in [0.2, 0.25) is 0 Å². The number of allylic oxidation sites excluding steroid dienone is 2. The number of carbonyl (C=O) groups excluding carboxylic acids is 3. The summed E-state index contributed by atoms with van der Waals surface area (Å²) < 4.78 is 17.0. The van der Waals surface area contributed by atoms with Crippen molar-refractivity contribution in [2.45, 2.75) is 374 Å². The smallest absolute Gasteiger partial charge is 0.306 e. The van der Waals surface area contributed by atoms with Crippen LogP contribution in [-0.4, -0.2) is 37.2 Å². The molecule has 0 bridgehead atoms. The Morgan fingerprint density at radius 3 is 0.704 bits per heavy atom. The van der Waals surface area contributed by atoms with Crippen molar-refractivity contribution >= 4 is 17.9 Å². The second-order valence-electron chi connectivity index (χ2n) is 22.0. The molecule has 0 heterocycles. The molecule has 0 aliphatic heterocycles. The summed E-state index contributed by atoms with van der Waals surface area (Å²) in [6.45, 7) is 6.72. The highest BCUT2D eigenvalue weighted by molar-refractivity contribution is 5.71. The van der Waals surface area contributed by atoms with Gasteiger partial charge in [0.1, 0.15) is 13.2 Å². The van der Waals surface area contributed by atoms with Crippen LogP contribution in [0.25, 0.3) is 0 Å². The van der Waals surface area contributed by atoms with Gasteiger partial charge in [-0.25, -0.2) is 0 Å². The van der Waals surface area contributed by atoms with Crippen LogP contribution >= 0.6 is 0 Å². The minimum absolute atomic E-state index is 0.0646. The zero-order chi connectivity index (χ0) is 51.4. The fourth-order valence-corrected chi connectivity index (χ4v) is 9.91. The second-order valence-corrected chi connectivity index (χ2v) is 22.0. The predicted octanol–water partition coefficient (Wildman–Crippen LogP) is 21.7. The maximum atomic E-state index is 12.9. The molecule has 0 fully saturated rings. The van der Waals surface area contributed by atoms with E-state index in [2.05, 4.69) is 32.9 Å². The number of esters is 3. The molecule has 0 amide bonds. The zero-order valence-electron chi connectivity index (χ0n) is 48.3. The van der Waals surface area contributed by atoms with Gasteiger partial charge in [-0.1, -0.05) is 315 Å². The Labute approximate surface area is 443 Å². The lowest BCUT2D eigenvalue weighted by Gasteiger charge is -2.18. The molecule has 0 saturated carbocycles. The summed E-state index contributed by atoms with van der Waals surface area (Å²) in [5.41, 5.74) is 0. The van der Waals surface area contributed by atoms with Crippen LogP contribution < -0.4 is 0 Å². The molecule has 0 N–H and O–H groups in total. The molecule has 0 aromatic carbocycles. The molecule has 0 unspecified atom stereocenters. The molecule has 0 rings (SSSR count). The van der Waals surface area contributed by atoms with Crippen LogP contribution in [0.15, 0.2) is 12.2 Å². The maximum absolute atomic E-state index is 12.9. The lowest BCUT2D eigenvalue weighted by atomic mass is 10.0. The third kappa shape index (κ3) is 58.9. The van der Waals surface area contributed by atoms with Gasteiger partial charge in [0, 0.05) is 19.3 Å². The van der Waals surface area contributed by atoms with Crippen LogP contribution in [0.2, 0.25) is 0 Å². The maximum Gasteiger partial charge on any atom is 0.306 e. The van der Waals surface area contributed by atoms with Crippen molar-refractivity contribution in [2.75, 3.05) is 13.2 Å². The van der Waals surface area contributed by atoms with Crippen molar-refractivity contribution in [3.63, 3.8) is 0 Å². The lowest BCUT2D eigenvalue weighted by molar-refractivity contribution is -0.167. The Morgan fingerprint density at radius 2 is 0.465 bits per heavy atom. The molecular weight excluding hydrogens is 877 g/mol. The molecule has 0 aliphatic rings. The number of hydrogen-bond acceptors (Lipinski definition) is 6. The summed E-state index contributed by atoms with van der Waals surface area (Å²) in [7, 11) is 0. The first-order valence-electron chi connectivity index (χ1n) is 32.2. The first-order valence-corrected chi connectivity index (χ1v) is 32.2. The van der Waals surface area contributed by atoms with Gasteiger partial charge in [-0.3, -0.25) is 14.4 Å². The molecule has 420 valence electrons. The van der Waals surface area contributed by atoms with Crippen LogP contribution in [0.1, 0.15) is 367 Å². The molecular formula is C65H124O6. The van der Waals surface area contributed by atoms with Crippen molar-refractivity contribution in [2.24, 2.45) is 0 Å². The molecule has 0 aromatic rings. The normalized spacial score (nSPS) is 12.0. The lowest BCUT2D eigenvalue weighted by Crippen LogP contribution is -2.30. The molecule has 6 nitrogen and oxygen atoms in total. The molecule has 0 saturated heterocycles. The van der Waals surface area contributed by atoms with Crippen LogP contribution in [0.4, 0.5) is 0 Å². The van der Waals surface area contributed by atoms with Gasteiger partial charge >= 0.3 is 17.9 Å². The summed E-state index contributed by atoms with van der Waals surface area (Å²) in [4.78, 5) is 38.3. The Balaban J connectivity index is 4.30. The molecule has 0 aromatic heterocycles. The number of unbranched alkanes of at least 4 members (excludes halogenated alkanes) is 47. The monoisotopic (exact) mass is 1000 g/mol. The van der Waals surface area contributed by atoms with Crippen LogP contribution in [-0.2, 0) is 28.6 Å². The minimum atomic E-state index is -0.767. The Hall–Kier alpha value is -1.85. The number of ether oxygens (including phenoxy) is 3. The van der Waals surface area contributed by atoms with E-state index in [4.69, 9.17) is 14.2 Å². The third-order valence-electron chi connectivity index (χ3n) is 14.8. The van der Waals surface area contributed by atoms with Gasteiger partial charge in [-0.2, -0.15) is 0 Å². The van der Waals surface area contributed by atoms with Crippen molar-refractivity contribution in [3.8, 4) is 0 Å². The highest BCUT2D eigenvalue weighted by Gasteiger charge is 2.19. The molecule has 71 heavy (non-hydrogen) atoms. The summed E-state index contributed by atoms with van der Waals surface area (Å²) in [5, 5.41) is 0. The fourth-order valence-electron chi connectivity index (χ4n) is 9.91. The van der Waals surface area contributed by atoms with Gasteiger partial charge < -0.3 is 14.2 Å². The molecule has 1 atom stereocenters. The topological polar surface area (TPSA) is 78.9 Å². The van der Waals surface area contributed by atoms with Gasteiger partial charge in [-0.15, -0.1) is 0 Å². The van der Waals surface area contributed by atoms with Gasteiger partial charge in [-0.05, 0) is 44.9 Å². The average Bonchev–Trinajstić information content (AvgIpc) is 3.37. The summed E-state index contributed by atoms with van der Waals surface area (Å²) in [6.07, 6.45) is 70.7. The Bertz CT molecular complexity index is 1100. The van der Waals surface area contributed by atoms with E-state index in [9.17, 15) is 14.4 Å². The first-order chi connectivity index (χ1) is 35.0. The Kier molecular flexibility index (Phi) is 59.1. The largest absolute Gasteiger partial charge is 0.462 e. The summed E-state index contributed by atoms with van der Waals surface area (Å²) in [6, 6.07) is 0. The summed E-state index contributed by atoms with van der Waals surface area (Å²) in [5.74, 6) is -0.837. The van der Waals surface area contributed by atoms with E-state index < -0.39 is 6.10 Å². The SMILES string of the molecule is CCCCCCCCCC/C=C\CCCCCCCCCC(=O)OC[C@@H](COC(=O)CCCCCCCCCCCCCCCCCC)OC(=O)CCCCCCCCCCCCCCCCCCCC. The second kappa shape index (κ2) is 60.7. The van der Waals surface area contributed by atoms with E-state index in [-0.39, 0.29) is 31.1 Å². The highest BCUT2D eigenvalue weighted by Crippen LogP contribution is 2.18. The fraction of sp³-hybridized carbons (Fsp3) is 0.923. The molecule has 0 radical (unpaired) electrons. The first kappa shape index (κ1) is 69.2. The standard InChI is InChI=1S/C65H124O6/c1-4-7-10-13-16-19-22-25-28-31-33-35-37-40-43-46-49-52-55-58-64(67)70-61-62(60-69-63(66)57-54-51-48-45-42-39-36-30-27-24-21-18-15-12-9-6-3)71-65(68)59-56-53-50-47-44-41-38-34-32-29-26-23-20-17-14-11-8-5-2/h31,33,62H,4-30,32,34-61H2,1-3H3/b33-31-/t62-/m1/s1. The average molecular weight is 1000 g/mol. The quantitative estimate of drug-likeness (QED) is 0.0261. The van der Waals surface area contributed by atoms with E-state index in [1.807, 2.05) is 0 Å². The van der Waals surface area contributed by atoms with E-state index in [0.717, 1.165) is 57.8 Å². The van der Waals surface area contributed by atoms with Crippen molar-refractivity contribution in [3.05, 3.63) is 12.2 Å². The Morgan fingerprint density at radius 1 is 0.268 bits per heavy atom. The minimum Gasteiger partial charge on any atom is -0.462 e. The van der Waals surface area contributed by atoms with Crippen LogP contribution in [0.3, 0.4) is 0 Å². The van der Waals surface area contributed by atoms with Crippen molar-refractivity contribution in [1.82, 2.24) is 0 Å². The number of rotatable bonds is 60. The number of carbonyl (C=O) groups is 3. The third-order valence-corrected chi connectivity index (χ3v) is 14.8. The van der Waals surface area contributed by atoms with Crippen molar-refractivity contribution in [1.29, 1.82) is 0 Å². The summed E-state index contributed by atoms with van der Waals surface area (Å²) >= 11 is 0. The number of hydrogen-bond donors (Lipinski definition) is 0. The highest BCUT2D eigenvalue weighted by atomic mass is 16.6. The zero-order valence-corrected chi connectivity index (χ0v) is 48.3. The van der Waals surface area contributed by atoms with Gasteiger partial charge in [0.15, 0.2) is 6.10 Å². The molecule has 0 spiro atoms. The van der Waals surface area contributed by atoms with Crippen LogP contribution in [0, 0.1) is 0 Å². The van der Waals surface area contributed by atoms with E-state index >= 15 is 0 Å². The predicted molar refractivity (Wildman–Crippen MR) is 307 cm³/mol. The molecule has 0 aliphatic carbocycles. The van der Waals surface area contributed by atoms with E-state index in [0.29, 0.717) is 19.3 Å². The van der Waals surface area contributed by atoms with E-state index in [1.54, 1.807) is 0 Å². The van der Waals surface area contributed by atoms with Crippen LogP contribution in [0.5, 0.6) is 0 Å².